The Balaban J connectivity index is 2.67. The van der Waals surface area contributed by atoms with E-state index in [4.69, 9.17) is 17.3 Å². The molecule has 0 radical (unpaired) electrons. The van der Waals surface area contributed by atoms with Gasteiger partial charge in [-0.3, -0.25) is 0 Å². The molecule has 1 aromatic carbocycles. The summed E-state index contributed by atoms with van der Waals surface area (Å²) in [5, 5.41) is 5.17. The van der Waals surface area contributed by atoms with E-state index >= 15 is 0 Å². The minimum atomic E-state index is -0.0693. The molecule has 0 saturated carbocycles. The number of hydrogen-bond donors (Lipinski definition) is 1. The molecule has 1 atom stereocenters. The van der Waals surface area contributed by atoms with E-state index in [0.29, 0.717) is 5.02 Å². The zero-order valence-corrected chi connectivity index (χ0v) is 12.9. The van der Waals surface area contributed by atoms with Crippen molar-refractivity contribution in [2.75, 3.05) is 0 Å². The van der Waals surface area contributed by atoms with Crippen LogP contribution in [0.1, 0.15) is 29.9 Å². The number of halogens is 2. The summed E-state index contributed by atoms with van der Waals surface area (Å²) in [5.74, 6) is 0. The van der Waals surface area contributed by atoms with E-state index in [9.17, 15) is 0 Å². The van der Waals surface area contributed by atoms with Crippen molar-refractivity contribution < 1.29 is 0 Å². The number of rotatable bonds is 2. The van der Waals surface area contributed by atoms with Gasteiger partial charge in [0.25, 0.3) is 0 Å². The van der Waals surface area contributed by atoms with Crippen LogP contribution in [0.15, 0.2) is 22.7 Å². The predicted octanol–water partition coefficient (Wildman–Crippen LogP) is 3.92. The Morgan fingerprint density at radius 2 is 2.06 bits per heavy atom. The number of hydrogen-bond acceptors (Lipinski definition) is 2. The summed E-state index contributed by atoms with van der Waals surface area (Å²) in [7, 11) is 0. The standard InChI is InChI=1S/C13H15BrClN3/c1-7(16)11-6-10(14)4-5-12(11)18-9(3)13(15)8(2)17-18/h4-7H,16H2,1-3H3. The summed E-state index contributed by atoms with van der Waals surface area (Å²) in [6, 6.07) is 5.93. The number of nitrogens with two attached hydrogens (primary N) is 1. The molecule has 2 rings (SSSR count). The lowest BCUT2D eigenvalue weighted by Crippen LogP contribution is -2.11. The zero-order chi connectivity index (χ0) is 13.4. The second-order valence-corrected chi connectivity index (χ2v) is 5.68. The average molecular weight is 329 g/mol. The van der Waals surface area contributed by atoms with Crippen LogP contribution in [0.4, 0.5) is 0 Å². The molecular weight excluding hydrogens is 314 g/mol. The van der Waals surface area contributed by atoms with Crippen LogP contribution < -0.4 is 5.73 Å². The average Bonchev–Trinajstić information content (AvgIpc) is 2.57. The first-order valence-corrected chi connectivity index (χ1v) is 6.86. The van der Waals surface area contributed by atoms with E-state index < -0.39 is 0 Å². The van der Waals surface area contributed by atoms with Gasteiger partial charge in [0, 0.05) is 10.5 Å². The van der Waals surface area contributed by atoms with Crippen molar-refractivity contribution in [1.29, 1.82) is 0 Å². The Morgan fingerprint density at radius 1 is 1.39 bits per heavy atom. The SMILES string of the molecule is Cc1nn(-c2ccc(Br)cc2C(C)N)c(C)c1Cl. The Kier molecular flexibility index (Phi) is 3.80. The molecule has 18 heavy (non-hydrogen) atoms. The van der Waals surface area contributed by atoms with Gasteiger partial charge in [0.2, 0.25) is 0 Å². The number of benzene rings is 1. The fourth-order valence-corrected chi connectivity index (χ4v) is 2.44. The molecular formula is C13H15BrClN3. The smallest absolute Gasteiger partial charge is 0.0848 e. The quantitative estimate of drug-likeness (QED) is 0.908. The number of aromatic nitrogens is 2. The Bertz CT molecular complexity index is 590. The number of nitrogens with zero attached hydrogens (tertiary/aromatic N) is 2. The Morgan fingerprint density at radius 3 is 2.56 bits per heavy atom. The fourth-order valence-electron chi connectivity index (χ4n) is 1.94. The Labute approximate surface area is 120 Å². The van der Waals surface area contributed by atoms with Crippen molar-refractivity contribution in [2.45, 2.75) is 26.8 Å². The number of aryl methyl sites for hydroxylation is 1. The molecule has 0 aliphatic rings. The van der Waals surface area contributed by atoms with Crippen LogP contribution in [0.5, 0.6) is 0 Å². The minimum absolute atomic E-state index is 0.0693. The van der Waals surface area contributed by atoms with Crippen molar-refractivity contribution in [1.82, 2.24) is 9.78 Å². The van der Waals surface area contributed by atoms with Gasteiger partial charge >= 0.3 is 0 Å². The summed E-state index contributed by atoms with van der Waals surface area (Å²) < 4.78 is 2.86. The maximum Gasteiger partial charge on any atom is 0.0848 e. The van der Waals surface area contributed by atoms with Crippen LogP contribution >= 0.6 is 27.5 Å². The molecule has 1 unspecified atom stereocenters. The highest BCUT2D eigenvalue weighted by Crippen LogP contribution is 2.28. The molecule has 3 nitrogen and oxygen atoms in total. The van der Waals surface area contributed by atoms with Crippen LogP contribution in [0.3, 0.4) is 0 Å². The molecule has 0 aliphatic carbocycles. The van der Waals surface area contributed by atoms with E-state index in [2.05, 4.69) is 21.0 Å². The van der Waals surface area contributed by atoms with Gasteiger partial charge in [0.15, 0.2) is 0 Å². The van der Waals surface area contributed by atoms with Gasteiger partial charge in [-0.2, -0.15) is 5.10 Å². The van der Waals surface area contributed by atoms with Crippen molar-refractivity contribution >= 4 is 27.5 Å². The van der Waals surface area contributed by atoms with E-state index in [1.807, 2.05) is 43.7 Å². The van der Waals surface area contributed by atoms with Crippen molar-refractivity contribution in [3.8, 4) is 5.69 Å². The molecule has 5 heteroatoms. The highest BCUT2D eigenvalue weighted by Gasteiger charge is 2.15. The van der Waals surface area contributed by atoms with Crippen LogP contribution in [-0.2, 0) is 0 Å². The van der Waals surface area contributed by atoms with Crippen molar-refractivity contribution in [2.24, 2.45) is 5.73 Å². The lowest BCUT2D eigenvalue weighted by molar-refractivity contribution is 0.766. The topological polar surface area (TPSA) is 43.8 Å². The molecule has 96 valence electrons. The first kappa shape index (κ1) is 13.6. The zero-order valence-electron chi connectivity index (χ0n) is 10.5. The highest BCUT2D eigenvalue weighted by atomic mass is 79.9. The lowest BCUT2D eigenvalue weighted by atomic mass is 10.1. The van der Waals surface area contributed by atoms with Crippen LogP contribution in [0, 0.1) is 13.8 Å². The summed E-state index contributed by atoms with van der Waals surface area (Å²) in [5.41, 5.74) is 9.78. The van der Waals surface area contributed by atoms with Crippen LogP contribution in [-0.4, -0.2) is 9.78 Å². The Hall–Kier alpha value is -0.840. The van der Waals surface area contributed by atoms with Crippen molar-refractivity contribution in [3.05, 3.63) is 44.6 Å². The molecule has 0 amide bonds. The summed E-state index contributed by atoms with van der Waals surface area (Å²) in [4.78, 5) is 0. The lowest BCUT2D eigenvalue weighted by Gasteiger charge is -2.14. The molecule has 0 spiro atoms. The van der Waals surface area contributed by atoms with Crippen molar-refractivity contribution in [3.63, 3.8) is 0 Å². The molecule has 2 aromatic rings. The third kappa shape index (κ3) is 2.32. The maximum atomic E-state index is 6.19. The summed E-state index contributed by atoms with van der Waals surface area (Å²) >= 11 is 9.65. The van der Waals surface area contributed by atoms with E-state index in [0.717, 1.165) is 27.1 Å². The second-order valence-electron chi connectivity index (χ2n) is 4.39. The van der Waals surface area contributed by atoms with Crippen LogP contribution in [0.2, 0.25) is 5.02 Å². The molecule has 1 heterocycles. The summed E-state index contributed by atoms with van der Waals surface area (Å²) in [6.45, 7) is 5.81. The monoisotopic (exact) mass is 327 g/mol. The van der Waals surface area contributed by atoms with Gasteiger partial charge in [-0.15, -0.1) is 0 Å². The third-order valence-electron chi connectivity index (χ3n) is 2.91. The molecule has 0 aliphatic heterocycles. The summed E-state index contributed by atoms with van der Waals surface area (Å²) in [6.07, 6.45) is 0. The van der Waals surface area contributed by atoms with E-state index in [1.165, 1.54) is 0 Å². The van der Waals surface area contributed by atoms with E-state index in [1.54, 1.807) is 0 Å². The maximum absolute atomic E-state index is 6.19. The molecule has 0 bridgehead atoms. The van der Waals surface area contributed by atoms with Gasteiger partial charge in [0.1, 0.15) is 0 Å². The van der Waals surface area contributed by atoms with Gasteiger partial charge in [0.05, 0.1) is 22.1 Å². The predicted molar refractivity (Wildman–Crippen MR) is 78.4 cm³/mol. The molecule has 0 fully saturated rings. The van der Waals surface area contributed by atoms with Gasteiger partial charge in [-0.05, 0) is 44.5 Å². The first-order valence-electron chi connectivity index (χ1n) is 5.69. The van der Waals surface area contributed by atoms with Gasteiger partial charge in [-0.1, -0.05) is 27.5 Å². The highest BCUT2D eigenvalue weighted by molar-refractivity contribution is 9.10. The largest absolute Gasteiger partial charge is 0.324 e. The van der Waals surface area contributed by atoms with Gasteiger partial charge < -0.3 is 5.73 Å². The van der Waals surface area contributed by atoms with Gasteiger partial charge in [-0.25, -0.2) is 4.68 Å². The molecule has 2 N–H and O–H groups in total. The molecule has 1 aromatic heterocycles. The normalized spacial score (nSPS) is 12.8. The van der Waals surface area contributed by atoms with E-state index in [-0.39, 0.29) is 6.04 Å². The second kappa shape index (κ2) is 5.03. The minimum Gasteiger partial charge on any atom is -0.324 e. The molecule has 0 saturated heterocycles. The third-order valence-corrected chi connectivity index (χ3v) is 3.95. The first-order chi connectivity index (χ1) is 8.41. The van der Waals surface area contributed by atoms with Crippen LogP contribution in [0.25, 0.3) is 5.69 Å². The fraction of sp³-hybridized carbons (Fsp3) is 0.308.